The maximum Gasteiger partial charge on any atom is 0.228 e. The zero-order valence-corrected chi connectivity index (χ0v) is 10.2. The van der Waals surface area contributed by atoms with Gasteiger partial charge in [0.15, 0.2) is 14.9 Å². The molecule has 0 aromatic carbocycles. The van der Waals surface area contributed by atoms with Gasteiger partial charge in [-0.1, -0.05) is 6.92 Å². The highest BCUT2D eigenvalue weighted by Gasteiger charge is 2.15. The summed E-state index contributed by atoms with van der Waals surface area (Å²) < 4.78 is 28.4. The Labute approximate surface area is 91.4 Å². The largest absolute Gasteiger partial charge is 0.480 e. The number of pyridine rings is 1. The van der Waals surface area contributed by atoms with E-state index < -0.39 is 9.84 Å². The van der Waals surface area contributed by atoms with Gasteiger partial charge in [-0.2, -0.15) is 0 Å². The van der Waals surface area contributed by atoms with E-state index in [1.807, 2.05) is 0 Å². The van der Waals surface area contributed by atoms with Gasteiger partial charge in [0.25, 0.3) is 0 Å². The van der Waals surface area contributed by atoms with Crippen molar-refractivity contribution in [2.24, 2.45) is 0 Å². The van der Waals surface area contributed by atoms with Crippen LogP contribution in [0.3, 0.4) is 0 Å². The number of ether oxygens (including phenoxy) is 1. The molecule has 0 aliphatic rings. The topological polar surface area (TPSA) is 56.3 Å². The Balaban J connectivity index is 3.26. The summed E-state index contributed by atoms with van der Waals surface area (Å²) in [6, 6.07) is 3.06. The van der Waals surface area contributed by atoms with Crippen LogP contribution in [-0.2, 0) is 9.84 Å². The van der Waals surface area contributed by atoms with Crippen molar-refractivity contribution >= 4 is 25.8 Å². The van der Waals surface area contributed by atoms with Gasteiger partial charge in [-0.3, -0.25) is 0 Å². The first kappa shape index (κ1) is 11.5. The van der Waals surface area contributed by atoms with Gasteiger partial charge in [0.1, 0.15) is 0 Å². The highest BCUT2D eigenvalue weighted by molar-refractivity contribution is 9.10. The van der Waals surface area contributed by atoms with Crippen LogP contribution in [0.25, 0.3) is 0 Å². The van der Waals surface area contributed by atoms with Gasteiger partial charge in [0, 0.05) is 0 Å². The lowest BCUT2D eigenvalue weighted by atomic mass is 10.5. The van der Waals surface area contributed by atoms with Crippen molar-refractivity contribution in [2.45, 2.75) is 11.9 Å². The zero-order valence-electron chi connectivity index (χ0n) is 7.82. The van der Waals surface area contributed by atoms with Gasteiger partial charge in [0.05, 0.1) is 17.3 Å². The fourth-order valence-electron chi connectivity index (χ4n) is 0.871. The van der Waals surface area contributed by atoms with E-state index in [9.17, 15) is 8.42 Å². The maximum atomic E-state index is 11.4. The molecule has 0 fully saturated rings. The quantitative estimate of drug-likeness (QED) is 0.844. The van der Waals surface area contributed by atoms with E-state index in [1.54, 1.807) is 13.0 Å². The monoisotopic (exact) mass is 279 g/mol. The fraction of sp³-hybridized carbons (Fsp3) is 0.375. The van der Waals surface area contributed by atoms with E-state index in [0.29, 0.717) is 4.47 Å². The fourth-order valence-corrected chi connectivity index (χ4v) is 2.05. The zero-order chi connectivity index (χ0) is 10.8. The second-order valence-electron chi connectivity index (χ2n) is 2.54. The number of hydrogen-bond acceptors (Lipinski definition) is 4. The molecule has 1 aromatic heterocycles. The van der Waals surface area contributed by atoms with Crippen LogP contribution in [-0.4, -0.2) is 26.3 Å². The molecule has 0 spiro atoms. The molecule has 0 unspecified atom stereocenters. The van der Waals surface area contributed by atoms with E-state index in [1.165, 1.54) is 13.2 Å². The smallest absolute Gasteiger partial charge is 0.228 e. The third-order valence-electron chi connectivity index (χ3n) is 1.68. The van der Waals surface area contributed by atoms with E-state index in [2.05, 4.69) is 20.9 Å². The van der Waals surface area contributed by atoms with Crippen LogP contribution in [0, 0.1) is 0 Å². The minimum atomic E-state index is -3.26. The van der Waals surface area contributed by atoms with Crippen LogP contribution in [0.1, 0.15) is 6.92 Å². The van der Waals surface area contributed by atoms with Crippen LogP contribution in [0.2, 0.25) is 0 Å². The van der Waals surface area contributed by atoms with Crippen molar-refractivity contribution in [3.8, 4) is 5.88 Å². The Bertz CT molecular complexity index is 430. The molecule has 0 saturated carbocycles. The van der Waals surface area contributed by atoms with Crippen LogP contribution >= 0.6 is 15.9 Å². The van der Waals surface area contributed by atoms with Crippen molar-refractivity contribution in [2.75, 3.05) is 12.9 Å². The lowest BCUT2D eigenvalue weighted by Gasteiger charge is -2.04. The predicted octanol–water partition coefficient (Wildman–Crippen LogP) is 1.65. The molecule has 6 heteroatoms. The van der Waals surface area contributed by atoms with Crippen LogP contribution < -0.4 is 4.74 Å². The predicted molar refractivity (Wildman–Crippen MR) is 56.2 cm³/mol. The molecule has 0 radical (unpaired) electrons. The summed E-state index contributed by atoms with van der Waals surface area (Å²) in [6.45, 7) is 1.57. The van der Waals surface area contributed by atoms with Crippen LogP contribution in [0.15, 0.2) is 21.6 Å². The van der Waals surface area contributed by atoms with Crippen molar-refractivity contribution in [1.29, 1.82) is 0 Å². The summed E-state index contributed by atoms with van der Waals surface area (Å²) in [4.78, 5) is 3.88. The molecule has 0 N–H and O–H groups in total. The normalized spacial score (nSPS) is 11.4. The van der Waals surface area contributed by atoms with E-state index in [4.69, 9.17) is 4.74 Å². The highest BCUT2D eigenvalue weighted by atomic mass is 79.9. The molecule has 1 heterocycles. The first-order valence-corrected chi connectivity index (χ1v) is 6.39. The van der Waals surface area contributed by atoms with Crippen molar-refractivity contribution < 1.29 is 13.2 Å². The summed E-state index contributed by atoms with van der Waals surface area (Å²) >= 11 is 3.20. The second kappa shape index (κ2) is 4.27. The van der Waals surface area contributed by atoms with E-state index >= 15 is 0 Å². The number of aromatic nitrogens is 1. The standard InChI is InChI=1S/C8H10BrNO3S/c1-3-14(11,12)7-5-4-6(9)8(10-7)13-2/h4-5H,3H2,1-2H3. The van der Waals surface area contributed by atoms with Gasteiger partial charge >= 0.3 is 0 Å². The first-order chi connectivity index (χ1) is 6.51. The minimum absolute atomic E-state index is 0.0325. The second-order valence-corrected chi connectivity index (χ2v) is 5.62. The molecule has 1 rings (SSSR count). The van der Waals surface area contributed by atoms with Crippen molar-refractivity contribution in [3.05, 3.63) is 16.6 Å². The van der Waals surface area contributed by atoms with Crippen molar-refractivity contribution in [1.82, 2.24) is 4.98 Å². The molecule has 0 saturated heterocycles. The number of methoxy groups -OCH3 is 1. The van der Waals surface area contributed by atoms with E-state index in [-0.39, 0.29) is 16.7 Å². The Morgan fingerprint density at radius 3 is 2.64 bits per heavy atom. The molecule has 4 nitrogen and oxygen atoms in total. The average Bonchev–Trinajstić information content (AvgIpc) is 2.18. The third-order valence-corrected chi connectivity index (χ3v) is 3.91. The molecular formula is C8H10BrNO3S. The summed E-state index contributed by atoms with van der Waals surface area (Å²) in [6.07, 6.45) is 0. The van der Waals surface area contributed by atoms with Gasteiger partial charge < -0.3 is 4.74 Å². The number of rotatable bonds is 3. The number of sulfone groups is 1. The minimum Gasteiger partial charge on any atom is -0.480 e. The van der Waals surface area contributed by atoms with Crippen LogP contribution in [0.5, 0.6) is 5.88 Å². The molecule has 0 amide bonds. The first-order valence-electron chi connectivity index (χ1n) is 3.94. The number of halogens is 1. The van der Waals surface area contributed by atoms with Gasteiger partial charge in [-0.15, -0.1) is 0 Å². The number of hydrogen-bond donors (Lipinski definition) is 0. The Hall–Kier alpha value is -0.620. The Morgan fingerprint density at radius 1 is 1.50 bits per heavy atom. The summed E-state index contributed by atoms with van der Waals surface area (Å²) in [7, 11) is -1.82. The lowest BCUT2D eigenvalue weighted by Crippen LogP contribution is -2.06. The van der Waals surface area contributed by atoms with Crippen LogP contribution in [0.4, 0.5) is 0 Å². The Kier molecular flexibility index (Phi) is 3.49. The summed E-state index contributed by atoms with van der Waals surface area (Å²) in [5.74, 6) is 0.310. The van der Waals surface area contributed by atoms with E-state index in [0.717, 1.165) is 0 Å². The van der Waals surface area contributed by atoms with Gasteiger partial charge in [-0.25, -0.2) is 13.4 Å². The van der Waals surface area contributed by atoms with Crippen molar-refractivity contribution in [3.63, 3.8) is 0 Å². The molecular weight excluding hydrogens is 270 g/mol. The molecule has 0 atom stereocenters. The molecule has 14 heavy (non-hydrogen) atoms. The third kappa shape index (κ3) is 2.24. The summed E-state index contributed by atoms with van der Waals surface area (Å²) in [5.41, 5.74) is 0. The van der Waals surface area contributed by atoms with Gasteiger partial charge in [-0.05, 0) is 28.1 Å². The lowest BCUT2D eigenvalue weighted by molar-refractivity contribution is 0.391. The Morgan fingerprint density at radius 2 is 2.14 bits per heavy atom. The molecule has 0 aliphatic carbocycles. The number of nitrogens with zero attached hydrogens (tertiary/aromatic N) is 1. The SMILES string of the molecule is CCS(=O)(=O)c1ccc(Br)c(OC)n1. The molecule has 78 valence electrons. The highest BCUT2D eigenvalue weighted by Crippen LogP contribution is 2.23. The maximum absolute atomic E-state index is 11.4. The average molecular weight is 280 g/mol. The molecule has 0 bridgehead atoms. The summed E-state index contributed by atoms with van der Waals surface area (Å²) in [5, 5.41) is 0.0417. The van der Waals surface area contributed by atoms with Gasteiger partial charge in [0.2, 0.25) is 5.88 Å². The molecule has 1 aromatic rings. The molecule has 0 aliphatic heterocycles.